The van der Waals surface area contributed by atoms with Gasteiger partial charge in [0, 0.05) is 11.9 Å². The van der Waals surface area contributed by atoms with Crippen molar-refractivity contribution in [3.05, 3.63) is 59.4 Å². The molecular weight excluding hydrogens is 268 g/mol. The molecule has 2 aromatic rings. The number of hydrogen-bond donors (Lipinski definition) is 2. The second-order valence-corrected chi connectivity index (χ2v) is 4.62. The van der Waals surface area contributed by atoms with Crippen LogP contribution in [0.15, 0.2) is 42.6 Å². The predicted molar refractivity (Wildman–Crippen MR) is 79.6 cm³/mol. The Labute approximate surface area is 122 Å². The molecule has 2 rings (SSSR count). The van der Waals surface area contributed by atoms with E-state index in [2.05, 4.69) is 10.3 Å². The van der Waals surface area contributed by atoms with E-state index in [-0.39, 0.29) is 11.3 Å². The number of carbonyl (C=O) groups excluding carboxylic acids is 1. The van der Waals surface area contributed by atoms with Crippen LogP contribution in [0.2, 0.25) is 0 Å². The van der Waals surface area contributed by atoms with E-state index in [9.17, 15) is 14.7 Å². The first-order valence-electron chi connectivity index (χ1n) is 6.70. The number of aryl methyl sites for hydroxylation is 1. The van der Waals surface area contributed by atoms with Crippen molar-refractivity contribution in [1.82, 2.24) is 4.98 Å². The van der Waals surface area contributed by atoms with Crippen LogP contribution in [0.5, 0.6) is 0 Å². The molecule has 1 aromatic heterocycles. The molecule has 1 amide bonds. The number of benzene rings is 1. The number of amides is 1. The van der Waals surface area contributed by atoms with Crippen LogP contribution in [-0.4, -0.2) is 22.0 Å². The van der Waals surface area contributed by atoms with E-state index in [1.54, 1.807) is 30.5 Å². The molecule has 0 aliphatic heterocycles. The number of rotatable bonds is 5. The summed E-state index contributed by atoms with van der Waals surface area (Å²) < 4.78 is 0. The van der Waals surface area contributed by atoms with E-state index in [0.29, 0.717) is 5.69 Å². The number of aromatic nitrogens is 1. The molecule has 0 atom stereocenters. The minimum Gasteiger partial charge on any atom is -0.478 e. The van der Waals surface area contributed by atoms with Crippen LogP contribution in [0.25, 0.3) is 0 Å². The summed E-state index contributed by atoms with van der Waals surface area (Å²) in [6.07, 6.45) is 3.17. The average Bonchev–Trinajstić information content (AvgIpc) is 2.48. The molecule has 0 radical (unpaired) electrons. The molecule has 1 heterocycles. The zero-order valence-electron chi connectivity index (χ0n) is 11.7. The Morgan fingerprint density at radius 3 is 2.57 bits per heavy atom. The summed E-state index contributed by atoms with van der Waals surface area (Å²) in [6, 6.07) is 10.4. The van der Waals surface area contributed by atoms with Crippen molar-refractivity contribution >= 4 is 17.6 Å². The summed E-state index contributed by atoms with van der Waals surface area (Å²) in [5.74, 6) is -1.68. The van der Waals surface area contributed by atoms with Crippen LogP contribution in [0, 0.1) is 0 Å². The lowest BCUT2D eigenvalue weighted by Gasteiger charge is -2.08. The zero-order chi connectivity index (χ0) is 15.2. The van der Waals surface area contributed by atoms with Gasteiger partial charge in [0.25, 0.3) is 5.91 Å². The lowest BCUT2D eigenvalue weighted by Crippen LogP contribution is -2.18. The smallest absolute Gasteiger partial charge is 0.338 e. The summed E-state index contributed by atoms with van der Waals surface area (Å²) in [4.78, 5) is 27.5. The van der Waals surface area contributed by atoms with E-state index in [0.717, 1.165) is 18.4 Å². The Balaban J connectivity index is 2.29. The van der Waals surface area contributed by atoms with Crippen LogP contribution in [-0.2, 0) is 6.42 Å². The average molecular weight is 284 g/mol. The maximum absolute atomic E-state index is 12.2. The molecule has 0 aliphatic carbocycles. The third-order valence-electron chi connectivity index (χ3n) is 2.96. The molecule has 1 aromatic carbocycles. The third kappa shape index (κ3) is 3.66. The van der Waals surface area contributed by atoms with Gasteiger partial charge in [-0.05, 0) is 30.2 Å². The highest BCUT2D eigenvalue weighted by molar-refractivity contribution is 6.09. The number of carboxylic acid groups (broad SMARTS) is 1. The highest BCUT2D eigenvalue weighted by atomic mass is 16.4. The van der Waals surface area contributed by atoms with Gasteiger partial charge in [0.05, 0.1) is 5.56 Å². The standard InChI is InChI=1S/C16H16N2O3/c1-2-6-11-9-13(16(20)21)14(17-10-11)15(19)18-12-7-4-3-5-8-12/h3-5,7-10H,2,6H2,1H3,(H,18,19)(H,20,21). The normalized spacial score (nSPS) is 10.1. The minimum atomic E-state index is -1.15. The van der Waals surface area contributed by atoms with Crippen LogP contribution in [0.1, 0.15) is 39.8 Å². The van der Waals surface area contributed by atoms with E-state index in [1.165, 1.54) is 6.07 Å². The van der Waals surface area contributed by atoms with E-state index < -0.39 is 11.9 Å². The maximum atomic E-state index is 12.2. The number of nitrogens with one attached hydrogen (secondary N) is 1. The SMILES string of the molecule is CCCc1cnc(C(=O)Nc2ccccc2)c(C(=O)O)c1. The summed E-state index contributed by atoms with van der Waals surface area (Å²) in [5, 5.41) is 11.9. The zero-order valence-corrected chi connectivity index (χ0v) is 11.7. The third-order valence-corrected chi connectivity index (χ3v) is 2.96. The van der Waals surface area contributed by atoms with Crippen molar-refractivity contribution < 1.29 is 14.7 Å². The van der Waals surface area contributed by atoms with Gasteiger partial charge in [-0.1, -0.05) is 31.5 Å². The second kappa shape index (κ2) is 6.65. The predicted octanol–water partition coefficient (Wildman–Crippen LogP) is 2.98. The Bertz CT molecular complexity index is 654. The van der Waals surface area contributed by atoms with Gasteiger partial charge in [-0.3, -0.25) is 4.79 Å². The number of carbonyl (C=O) groups is 2. The lowest BCUT2D eigenvalue weighted by molar-refractivity contribution is 0.0691. The summed E-state index contributed by atoms with van der Waals surface area (Å²) in [6.45, 7) is 2.00. The van der Waals surface area contributed by atoms with Gasteiger partial charge < -0.3 is 10.4 Å². The van der Waals surface area contributed by atoms with Gasteiger partial charge in [-0.25, -0.2) is 9.78 Å². The maximum Gasteiger partial charge on any atom is 0.338 e. The van der Waals surface area contributed by atoms with Gasteiger partial charge in [-0.15, -0.1) is 0 Å². The number of hydrogen-bond acceptors (Lipinski definition) is 3. The molecule has 0 spiro atoms. The Kier molecular flexibility index (Phi) is 4.66. The number of para-hydroxylation sites is 1. The molecule has 0 bridgehead atoms. The van der Waals surface area contributed by atoms with E-state index in [4.69, 9.17) is 0 Å². The molecule has 0 fully saturated rings. The first-order chi connectivity index (χ1) is 10.1. The quantitative estimate of drug-likeness (QED) is 0.884. The Morgan fingerprint density at radius 2 is 1.95 bits per heavy atom. The summed E-state index contributed by atoms with van der Waals surface area (Å²) in [5.41, 5.74) is 1.25. The topological polar surface area (TPSA) is 79.3 Å². The fraction of sp³-hybridized carbons (Fsp3) is 0.188. The molecule has 21 heavy (non-hydrogen) atoms. The van der Waals surface area contributed by atoms with Gasteiger partial charge in [0.1, 0.15) is 5.69 Å². The Hall–Kier alpha value is -2.69. The molecule has 2 N–H and O–H groups in total. The van der Waals surface area contributed by atoms with Crippen molar-refractivity contribution in [1.29, 1.82) is 0 Å². The molecule has 0 aliphatic rings. The minimum absolute atomic E-state index is 0.0746. The number of aromatic carboxylic acids is 1. The number of carboxylic acids is 1. The number of nitrogens with zero attached hydrogens (tertiary/aromatic N) is 1. The highest BCUT2D eigenvalue weighted by Crippen LogP contribution is 2.14. The van der Waals surface area contributed by atoms with Gasteiger partial charge >= 0.3 is 5.97 Å². The molecule has 0 unspecified atom stereocenters. The number of anilines is 1. The summed E-state index contributed by atoms with van der Waals surface area (Å²) in [7, 11) is 0. The monoisotopic (exact) mass is 284 g/mol. The highest BCUT2D eigenvalue weighted by Gasteiger charge is 2.19. The van der Waals surface area contributed by atoms with Crippen molar-refractivity contribution in [3.8, 4) is 0 Å². The fourth-order valence-electron chi connectivity index (χ4n) is 1.99. The molecule has 5 nitrogen and oxygen atoms in total. The number of pyridine rings is 1. The largest absolute Gasteiger partial charge is 0.478 e. The van der Waals surface area contributed by atoms with Crippen molar-refractivity contribution in [2.24, 2.45) is 0 Å². The van der Waals surface area contributed by atoms with E-state index >= 15 is 0 Å². The lowest BCUT2D eigenvalue weighted by atomic mass is 10.1. The van der Waals surface area contributed by atoms with Gasteiger partial charge in [-0.2, -0.15) is 0 Å². The van der Waals surface area contributed by atoms with Crippen molar-refractivity contribution in [2.45, 2.75) is 19.8 Å². The van der Waals surface area contributed by atoms with Gasteiger partial charge in [0.15, 0.2) is 0 Å². The first-order valence-corrected chi connectivity index (χ1v) is 6.70. The van der Waals surface area contributed by atoms with Gasteiger partial charge in [0.2, 0.25) is 0 Å². The van der Waals surface area contributed by atoms with Crippen LogP contribution in [0.3, 0.4) is 0 Å². The van der Waals surface area contributed by atoms with Crippen LogP contribution in [0.4, 0.5) is 5.69 Å². The fourth-order valence-corrected chi connectivity index (χ4v) is 1.99. The molecule has 108 valence electrons. The molecule has 5 heteroatoms. The molecular formula is C16H16N2O3. The van der Waals surface area contributed by atoms with E-state index in [1.807, 2.05) is 13.0 Å². The Morgan fingerprint density at radius 1 is 1.24 bits per heavy atom. The molecule has 0 saturated heterocycles. The van der Waals surface area contributed by atoms with Crippen molar-refractivity contribution in [3.63, 3.8) is 0 Å². The van der Waals surface area contributed by atoms with Crippen LogP contribution >= 0.6 is 0 Å². The summed E-state index contributed by atoms with van der Waals surface area (Å²) >= 11 is 0. The van der Waals surface area contributed by atoms with Crippen LogP contribution < -0.4 is 5.32 Å². The van der Waals surface area contributed by atoms with Crippen molar-refractivity contribution in [2.75, 3.05) is 5.32 Å². The molecule has 0 saturated carbocycles. The second-order valence-electron chi connectivity index (χ2n) is 4.62. The first kappa shape index (κ1) is 14.7.